The molecule has 1 aromatic rings. The maximum Gasteiger partial charge on any atom is 0.260 e. The number of halogens is 2. The van der Waals surface area contributed by atoms with Crippen molar-refractivity contribution in [2.24, 2.45) is 5.73 Å². The van der Waals surface area contributed by atoms with Crippen LogP contribution in [0.4, 0.5) is 0 Å². The fraction of sp³-hybridized carbons (Fsp3) is 0.562. The van der Waals surface area contributed by atoms with Crippen molar-refractivity contribution >= 4 is 29.1 Å². The minimum absolute atomic E-state index is 0.0429. The highest BCUT2D eigenvalue weighted by atomic mass is 35.5. The minimum Gasteiger partial charge on any atom is -0.482 e. The van der Waals surface area contributed by atoms with E-state index >= 15 is 0 Å². The molecule has 2 rings (SSSR count). The van der Waals surface area contributed by atoms with Gasteiger partial charge in [-0.3, -0.25) is 4.79 Å². The quantitative estimate of drug-likeness (QED) is 0.759. The zero-order valence-corrected chi connectivity index (χ0v) is 14.5. The Bertz CT molecular complexity index is 520. The summed E-state index contributed by atoms with van der Waals surface area (Å²) in [5.41, 5.74) is 5.44. The first-order chi connectivity index (χ1) is 11.1. The molecule has 0 atom stereocenters. The lowest BCUT2D eigenvalue weighted by Gasteiger charge is -2.32. The minimum atomic E-state index is -0.0542. The number of hydrogen-bond acceptors (Lipinski definition) is 4. The second kappa shape index (κ2) is 9.33. The molecule has 1 aliphatic heterocycles. The third-order valence-corrected chi connectivity index (χ3v) is 4.29. The van der Waals surface area contributed by atoms with Crippen molar-refractivity contribution in [3.05, 3.63) is 28.2 Å². The third kappa shape index (κ3) is 5.84. The van der Waals surface area contributed by atoms with Crippen molar-refractivity contribution in [1.29, 1.82) is 0 Å². The summed E-state index contributed by atoms with van der Waals surface area (Å²) in [5.74, 6) is 0.369. The molecular weight excluding hydrogens is 339 g/mol. The molecule has 1 saturated heterocycles. The van der Waals surface area contributed by atoms with Gasteiger partial charge in [0.2, 0.25) is 0 Å². The second-order valence-electron chi connectivity index (χ2n) is 5.46. The molecule has 23 heavy (non-hydrogen) atoms. The zero-order chi connectivity index (χ0) is 16.7. The zero-order valence-electron chi connectivity index (χ0n) is 13.0. The Balaban J connectivity index is 1.74. The Hall–Kier alpha value is -1.01. The van der Waals surface area contributed by atoms with Crippen LogP contribution in [0.2, 0.25) is 10.0 Å². The van der Waals surface area contributed by atoms with Gasteiger partial charge in [0.1, 0.15) is 5.75 Å². The second-order valence-corrected chi connectivity index (χ2v) is 6.30. The average molecular weight is 361 g/mol. The van der Waals surface area contributed by atoms with Gasteiger partial charge >= 0.3 is 0 Å². The van der Waals surface area contributed by atoms with Gasteiger partial charge in [-0.25, -0.2) is 0 Å². The molecule has 1 fully saturated rings. The fourth-order valence-corrected chi connectivity index (χ4v) is 2.76. The lowest BCUT2D eigenvalue weighted by molar-refractivity contribution is -0.136. The number of carbonyl (C=O) groups is 1. The molecule has 0 spiro atoms. The molecule has 2 N–H and O–H groups in total. The van der Waals surface area contributed by atoms with Crippen molar-refractivity contribution in [2.75, 3.05) is 32.8 Å². The molecule has 1 heterocycles. The maximum absolute atomic E-state index is 12.2. The number of carbonyl (C=O) groups excluding carboxylic acids is 1. The van der Waals surface area contributed by atoms with E-state index in [0.717, 1.165) is 19.3 Å². The molecule has 0 aromatic heterocycles. The average Bonchev–Trinajstić information content (AvgIpc) is 2.56. The summed E-state index contributed by atoms with van der Waals surface area (Å²) < 4.78 is 11.2. The lowest BCUT2D eigenvalue weighted by atomic mass is 10.1. The Kier molecular flexibility index (Phi) is 7.43. The summed E-state index contributed by atoms with van der Waals surface area (Å²) in [6, 6.07) is 4.93. The molecule has 0 saturated carbocycles. The van der Waals surface area contributed by atoms with Gasteiger partial charge in [-0.15, -0.1) is 0 Å². The van der Waals surface area contributed by atoms with E-state index in [-0.39, 0.29) is 18.6 Å². The number of amides is 1. The first kappa shape index (κ1) is 18.3. The summed E-state index contributed by atoms with van der Waals surface area (Å²) >= 11 is 11.9. The van der Waals surface area contributed by atoms with E-state index in [4.69, 9.17) is 38.4 Å². The van der Waals surface area contributed by atoms with Crippen LogP contribution < -0.4 is 10.5 Å². The molecular formula is C16H22Cl2N2O3. The largest absolute Gasteiger partial charge is 0.482 e. The molecule has 0 radical (unpaired) electrons. The van der Waals surface area contributed by atoms with E-state index in [1.54, 1.807) is 23.1 Å². The molecule has 0 aliphatic carbocycles. The Labute approximate surface area is 146 Å². The fourth-order valence-electron chi connectivity index (χ4n) is 2.42. The summed E-state index contributed by atoms with van der Waals surface area (Å²) in [6.45, 7) is 2.64. The van der Waals surface area contributed by atoms with Crippen LogP contribution in [0.25, 0.3) is 0 Å². The van der Waals surface area contributed by atoms with Gasteiger partial charge < -0.3 is 20.1 Å². The summed E-state index contributed by atoms with van der Waals surface area (Å²) in [6.07, 6.45) is 2.77. The number of benzene rings is 1. The number of ether oxygens (including phenoxy) is 2. The van der Waals surface area contributed by atoms with E-state index in [1.807, 2.05) is 0 Å². The van der Waals surface area contributed by atoms with Crippen LogP contribution in [0.5, 0.6) is 5.75 Å². The standard InChI is InChI=1S/C16H22Cl2N2O3/c17-12-2-3-14(18)15(10-12)23-11-16(21)20-7-4-13(5-8-20)22-9-1-6-19/h2-3,10,13H,1,4-9,11,19H2. The topological polar surface area (TPSA) is 64.8 Å². The van der Waals surface area contributed by atoms with Gasteiger partial charge in [0.25, 0.3) is 5.91 Å². The number of rotatable bonds is 7. The van der Waals surface area contributed by atoms with E-state index in [2.05, 4.69) is 0 Å². The monoisotopic (exact) mass is 360 g/mol. The van der Waals surface area contributed by atoms with Crippen LogP contribution in [0.1, 0.15) is 19.3 Å². The highest BCUT2D eigenvalue weighted by Crippen LogP contribution is 2.27. The Morgan fingerprint density at radius 1 is 1.30 bits per heavy atom. The van der Waals surface area contributed by atoms with Crippen LogP contribution in [0, 0.1) is 0 Å². The highest BCUT2D eigenvalue weighted by molar-refractivity contribution is 6.34. The number of likely N-dealkylation sites (tertiary alicyclic amines) is 1. The molecule has 1 aromatic carbocycles. The molecule has 0 unspecified atom stereocenters. The van der Waals surface area contributed by atoms with Crippen molar-refractivity contribution in [3.63, 3.8) is 0 Å². The maximum atomic E-state index is 12.2. The van der Waals surface area contributed by atoms with Crippen molar-refractivity contribution in [1.82, 2.24) is 4.90 Å². The summed E-state index contributed by atoms with van der Waals surface area (Å²) in [4.78, 5) is 14.0. The van der Waals surface area contributed by atoms with Crippen LogP contribution in [-0.2, 0) is 9.53 Å². The van der Waals surface area contributed by atoms with Gasteiger partial charge in [-0.2, -0.15) is 0 Å². The third-order valence-electron chi connectivity index (χ3n) is 3.74. The van der Waals surface area contributed by atoms with E-state index in [9.17, 15) is 4.79 Å². The Morgan fingerprint density at radius 3 is 2.74 bits per heavy atom. The normalized spacial score (nSPS) is 15.7. The number of piperidine rings is 1. The van der Waals surface area contributed by atoms with Crippen LogP contribution in [0.15, 0.2) is 18.2 Å². The number of nitrogens with two attached hydrogens (primary N) is 1. The van der Waals surface area contributed by atoms with Crippen LogP contribution in [0.3, 0.4) is 0 Å². The van der Waals surface area contributed by atoms with Crippen molar-refractivity contribution < 1.29 is 14.3 Å². The highest BCUT2D eigenvalue weighted by Gasteiger charge is 2.23. The summed E-state index contributed by atoms with van der Waals surface area (Å²) in [7, 11) is 0. The molecule has 1 amide bonds. The Morgan fingerprint density at radius 2 is 2.04 bits per heavy atom. The molecule has 7 heteroatoms. The van der Waals surface area contributed by atoms with Crippen LogP contribution in [-0.4, -0.2) is 49.8 Å². The van der Waals surface area contributed by atoms with Gasteiger partial charge in [0.15, 0.2) is 6.61 Å². The SMILES string of the molecule is NCCCOC1CCN(C(=O)COc2cc(Cl)ccc2Cl)CC1. The van der Waals surface area contributed by atoms with E-state index < -0.39 is 0 Å². The van der Waals surface area contributed by atoms with Crippen molar-refractivity contribution in [3.8, 4) is 5.75 Å². The molecule has 0 bridgehead atoms. The van der Waals surface area contributed by atoms with Crippen molar-refractivity contribution in [2.45, 2.75) is 25.4 Å². The van der Waals surface area contributed by atoms with E-state index in [1.165, 1.54) is 0 Å². The van der Waals surface area contributed by atoms with Crippen LogP contribution >= 0.6 is 23.2 Å². The van der Waals surface area contributed by atoms with Gasteiger partial charge in [0.05, 0.1) is 11.1 Å². The van der Waals surface area contributed by atoms with Gasteiger partial charge in [0, 0.05) is 30.8 Å². The first-order valence-electron chi connectivity index (χ1n) is 7.77. The molecule has 5 nitrogen and oxygen atoms in total. The number of hydrogen-bond donors (Lipinski definition) is 1. The van der Waals surface area contributed by atoms with Gasteiger partial charge in [-0.1, -0.05) is 23.2 Å². The van der Waals surface area contributed by atoms with Gasteiger partial charge in [-0.05, 0) is 37.9 Å². The first-order valence-corrected chi connectivity index (χ1v) is 8.53. The smallest absolute Gasteiger partial charge is 0.260 e. The lowest BCUT2D eigenvalue weighted by Crippen LogP contribution is -2.43. The predicted octanol–water partition coefficient (Wildman–Crippen LogP) is 2.73. The molecule has 1 aliphatic rings. The molecule has 128 valence electrons. The summed E-state index contributed by atoms with van der Waals surface area (Å²) in [5, 5.41) is 0.960. The number of nitrogens with zero attached hydrogens (tertiary/aromatic N) is 1. The predicted molar refractivity (Wildman–Crippen MR) is 91.2 cm³/mol. The van der Waals surface area contributed by atoms with E-state index in [0.29, 0.717) is 42.0 Å².